The third kappa shape index (κ3) is 4.93. The van der Waals surface area contributed by atoms with Crippen molar-refractivity contribution in [1.29, 1.82) is 0 Å². The summed E-state index contributed by atoms with van der Waals surface area (Å²) in [6.07, 6.45) is 0. The summed E-state index contributed by atoms with van der Waals surface area (Å²) >= 11 is 6.06. The molecular weight excluding hydrogens is 344 g/mol. The Hall–Kier alpha value is -2.60. The average molecular weight is 365 g/mol. The van der Waals surface area contributed by atoms with E-state index in [4.69, 9.17) is 25.8 Å². The minimum Gasteiger partial charge on any atom is -0.493 e. The summed E-state index contributed by atoms with van der Waals surface area (Å²) in [6, 6.07) is 10.6. The van der Waals surface area contributed by atoms with Gasteiger partial charge in [0, 0.05) is 18.1 Å². The molecule has 2 aromatic carbocycles. The molecule has 2 rings (SSSR count). The second-order valence-corrected chi connectivity index (χ2v) is 5.57. The monoisotopic (exact) mass is 364 g/mol. The third-order valence-electron chi connectivity index (χ3n) is 3.57. The highest BCUT2D eigenvalue weighted by Gasteiger charge is 2.13. The number of hydrogen-bond acceptors (Lipinski definition) is 4. The number of hydrogen-bond donors (Lipinski definition) is 2. The number of nitrogens with one attached hydrogen (secondary N) is 2. The normalized spacial score (nSPS) is 10.1. The highest BCUT2D eigenvalue weighted by Crippen LogP contribution is 2.38. The van der Waals surface area contributed by atoms with Crippen LogP contribution in [0.3, 0.4) is 0 Å². The summed E-state index contributed by atoms with van der Waals surface area (Å²) in [7, 11) is 4.63. The lowest BCUT2D eigenvalue weighted by Gasteiger charge is -2.14. The molecule has 6 nitrogen and oxygen atoms in total. The number of amides is 2. The average Bonchev–Trinajstić information content (AvgIpc) is 2.64. The Labute approximate surface area is 152 Å². The molecule has 0 saturated carbocycles. The van der Waals surface area contributed by atoms with Gasteiger partial charge in [0.1, 0.15) is 0 Å². The number of halogens is 1. The second-order valence-electron chi connectivity index (χ2n) is 5.16. The topological polar surface area (TPSA) is 68.8 Å². The van der Waals surface area contributed by atoms with Gasteiger partial charge in [-0.05, 0) is 29.3 Å². The van der Waals surface area contributed by atoms with E-state index in [2.05, 4.69) is 10.6 Å². The standard InChI is InChI=1S/C18H21ClN2O4/c1-23-15-8-12(9-16(24-2)17(15)25-3)10-20-18(22)21-11-13-6-4-5-7-14(13)19/h4-9H,10-11H2,1-3H3,(H2,20,21,22). The molecule has 0 bridgehead atoms. The first-order valence-electron chi connectivity index (χ1n) is 7.63. The molecule has 0 unspecified atom stereocenters. The highest BCUT2D eigenvalue weighted by atomic mass is 35.5. The maximum absolute atomic E-state index is 12.0. The summed E-state index contributed by atoms with van der Waals surface area (Å²) in [5.41, 5.74) is 1.68. The van der Waals surface area contributed by atoms with Crippen LogP contribution in [0, 0.1) is 0 Å². The molecule has 7 heteroatoms. The van der Waals surface area contributed by atoms with Crippen molar-refractivity contribution in [2.24, 2.45) is 0 Å². The first-order chi connectivity index (χ1) is 12.1. The molecule has 0 radical (unpaired) electrons. The van der Waals surface area contributed by atoms with Crippen LogP contribution in [-0.4, -0.2) is 27.4 Å². The molecule has 0 atom stereocenters. The first kappa shape index (κ1) is 18.7. The van der Waals surface area contributed by atoms with Gasteiger partial charge in [-0.25, -0.2) is 4.79 Å². The van der Waals surface area contributed by atoms with E-state index in [0.29, 0.717) is 35.4 Å². The zero-order chi connectivity index (χ0) is 18.2. The van der Waals surface area contributed by atoms with Gasteiger partial charge in [0.15, 0.2) is 11.5 Å². The SMILES string of the molecule is COc1cc(CNC(=O)NCc2ccccc2Cl)cc(OC)c1OC. The van der Waals surface area contributed by atoms with Crippen molar-refractivity contribution in [2.45, 2.75) is 13.1 Å². The number of ether oxygens (including phenoxy) is 3. The van der Waals surface area contributed by atoms with Gasteiger partial charge in [0.2, 0.25) is 5.75 Å². The Bertz CT molecular complexity index is 712. The minimum atomic E-state index is -0.298. The van der Waals surface area contributed by atoms with Crippen LogP contribution in [0.1, 0.15) is 11.1 Å². The van der Waals surface area contributed by atoms with Gasteiger partial charge in [0.25, 0.3) is 0 Å². The molecular formula is C18H21ClN2O4. The van der Waals surface area contributed by atoms with E-state index in [0.717, 1.165) is 11.1 Å². The fourth-order valence-electron chi connectivity index (χ4n) is 2.30. The maximum atomic E-state index is 12.0. The molecule has 0 spiro atoms. The van der Waals surface area contributed by atoms with Gasteiger partial charge in [-0.3, -0.25) is 0 Å². The summed E-state index contributed by atoms with van der Waals surface area (Å²) in [5, 5.41) is 6.17. The van der Waals surface area contributed by atoms with Crippen molar-refractivity contribution in [3.8, 4) is 17.2 Å². The highest BCUT2D eigenvalue weighted by molar-refractivity contribution is 6.31. The lowest BCUT2D eigenvalue weighted by molar-refractivity contribution is 0.240. The molecule has 2 N–H and O–H groups in total. The third-order valence-corrected chi connectivity index (χ3v) is 3.94. The first-order valence-corrected chi connectivity index (χ1v) is 8.00. The number of carbonyl (C=O) groups is 1. The fourth-order valence-corrected chi connectivity index (χ4v) is 2.50. The van der Waals surface area contributed by atoms with Crippen LogP contribution in [0.4, 0.5) is 4.79 Å². The lowest BCUT2D eigenvalue weighted by Crippen LogP contribution is -2.34. The van der Waals surface area contributed by atoms with Gasteiger partial charge >= 0.3 is 6.03 Å². The Balaban J connectivity index is 1.96. The van der Waals surface area contributed by atoms with E-state index in [9.17, 15) is 4.79 Å². The summed E-state index contributed by atoms with van der Waals surface area (Å²) in [4.78, 5) is 12.0. The van der Waals surface area contributed by atoms with Crippen LogP contribution in [0.5, 0.6) is 17.2 Å². The predicted molar refractivity (Wildman–Crippen MR) is 96.6 cm³/mol. The summed E-state index contributed by atoms with van der Waals surface area (Å²) in [5.74, 6) is 1.59. The largest absolute Gasteiger partial charge is 0.493 e. The maximum Gasteiger partial charge on any atom is 0.315 e. The quantitative estimate of drug-likeness (QED) is 0.790. The van der Waals surface area contributed by atoms with Crippen LogP contribution < -0.4 is 24.8 Å². The summed E-state index contributed by atoms with van der Waals surface area (Å²) in [6.45, 7) is 0.659. The Morgan fingerprint density at radius 2 is 1.56 bits per heavy atom. The van der Waals surface area contributed by atoms with Crippen LogP contribution in [0.15, 0.2) is 36.4 Å². The van der Waals surface area contributed by atoms with E-state index in [1.165, 1.54) is 0 Å². The number of methoxy groups -OCH3 is 3. The zero-order valence-electron chi connectivity index (χ0n) is 14.4. The van der Waals surface area contributed by atoms with Gasteiger partial charge < -0.3 is 24.8 Å². The molecule has 2 amide bonds. The fraction of sp³-hybridized carbons (Fsp3) is 0.278. The Morgan fingerprint density at radius 3 is 2.12 bits per heavy atom. The molecule has 25 heavy (non-hydrogen) atoms. The van der Waals surface area contributed by atoms with Crippen LogP contribution in [-0.2, 0) is 13.1 Å². The van der Waals surface area contributed by atoms with Crippen molar-refractivity contribution in [2.75, 3.05) is 21.3 Å². The number of carbonyl (C=O) groups excluding carboxylic acids is 1. The van der Waals surface area contributed by atoms with Crippen molar-refractivity contribution >= 4 is 17.6 Å². The van der Waals surface area contributed by atoms with E-state index >= 15 is 0 Å². The predicted octanol–water partition coefficient (Wildman–Crippen LogP) is 3.37. The van der Waals surface area contributed by atoms with Gasteiger partial charge in [-0.2, -0.15) is 0 Å². The molecule has 134 valence electrons. The van der Waals surface area contributed by atoms with Crippen molar-refractivity contribution in [3.63, 3.8) is 0 Å². The number of urea groups is 1. The Kier molecular flexibility index (Phi) is 6.77. The van der Waals surface area contributed by atoms with Crippen LogP contribution in [0.2, 0.25) is 5.02 Å². The molecule has 0 fully saturated rings. The molecule has 0 aliphatic heterocycles. The smallest absolute Gasteiger partial charge is 0.315 e. The summed E-state index contributed by atoms with van der Waals surface area (Å²) < 4.78 is 15.9. The second kappa shape index (κ2) is 9.03. The van der Waals surface area contributed by atoms with Crippen molar-refractivity contribution in [1.82, 2.24) is 10.6 Å². The number of benzene rings is 2. The van der Waals surface area contributed by atoms with Crippen LogP contribution in [0.25, 0.3) is 0 Å². The molecule has 0 aliphatic carbocycles. The molecule has 0 saturated heterocycles. The molecule has 2 aromatic rings. The van der Waals surface area contributed by atoms with Crippen molar-refractivity contribution < 1.29 is 19.0 Å². The lowest BCUT2D eigenvalue weighted by atomic mass is 10.2. The molecule has 0 aliphatic rings. The van der Waals surface area contributed by atoms with E-state index in [1.807, 2.05) is 18.2 Å². The van der Waals surface area contributed by atoms with Crippen LogP contribution >= 0.6 is 11.6 Å². The zero-order valence-corrected chi connectivity index (χ0v) is 15.1. The van der Waals surface area contributed by atoms with E-state index < -0.39 is 0 Å². The van der Waals surface area contributed by atoms with E-state index in [1.54, 1.807) is 39.5 Å². The minimum absolute atomic E-state index is 0.298. The van der Waals surface area contributed by atoms with Crippen molar-refractivity contribution in [3.05, 3.63) is 52.5 Å². The molecule has 0 aromatic heterocycles. The molecule has 0 heterocycles. The Morgan fingerprint density at radius 1 is 0.960 bits per heavy atom. The van der Waals surface area contributed by atoms with Gasteiger partial charge in [0.05, 0.1) is 21.3 Å². The number of rotatable bonds is 7. The van der Waals surface area contributed by atoms with Gasteiger partial charge in [-0.15, -0.1) is 0 Å². The van der Waals surface area contributed by atoms with Gasteiger partial charge in [-0.1, -0.05) is 29.8 Å². The van der Waals surface area contributed by atoms with E-state index in [-0.39, 0.29) is 6.03 Å².